The molecule has 2 N–H and O–H groups in total. The van der Waals surface area contributed by atoms with E-state index in [0.717, 1.165) is 0 Å². The van der Waals surface area contributed by atoms with Crippen LogP contribution in [0.2, 0.25) is 0 Å². The molecule has 0 fully saturated rings. The van der Waals surface area contributed by atoms with E-state index in [9.17, 15) is 13.2 Å². The van der Waals surface area contributed by atoms with Gasteiger partial charge in [-0.1, -0.05) is 19.1 Å². The molecule has 94 valence electrons. The van der Waals surface area contributed by atoms with Crippen LogP contribution in [-0.2, 0) is 16.6 Å². The summed E-state index contributed by atoms with van der Waals surface area (Å²) in [6.45, 7) is 1.90. The number of carboxylic acid groups (broad SMARTS) is 1. The molecule has 0 aliphatic carbocycles. The summed E-state index contributed by atoms with van der Waals surface area (Å²) in [6, 6.07) is 6.19. The molecule has 5 nitrogen and oxygen atoms in total. The summed E-state index contributed by atoms with van der Waals surface area (Å²) in [6.07, 6.45) is 0.546. The third-order valence-electron chi connectivity index (χ3n) is 2.14. The first-order chi connectivity index (χ1) is 7.94. The molecular weight excluding hydrogens is 242 g/mol. The Morgan fingerprint density at radius 1 is 1.41 bits per heavy atom. The molecule has 0 radical (unpaired) electrons. The second-order valence-electron chi connectivity index (χ2n) is 3.65. The van der Waals surface area contributed by atoms with Crippen molar-refractivity contribution in [2.45, 2.75) is 19.9 Å². The van der Waals surface area contributed by atoms with Gasteiger partial charge in [0.05, 0.1) is 11.3 Å². The molecule has 0 aliphatic rings. The number of aromatic carboxylic acids is 1. The summed E-state index contributed by atoms with van der Waals surface area (Å²) in [4.78, 5) is 10.7. The van der Waals surface area contributed by atoms with Crippen molar-refractivity contribution in [2.24, 2.45) is 0 Å². The van der Waals surface area contributed by atoms with Crippen LogP contribution in [-0.4, -0.2) is 25.2 Å². The van der Waals surface area contributed by atoms with E-state index in [1.54, 1.807) is 19.1 Å². The van der Waals surface area contributed by atoms with Gasteiger partial charge in [-0.3, -0.25) is 0 Å². The van der Waals surface area contributed by atoms with Gasteiger partial charge in [-0.05, 0) is 24.1 Å². The Morgan fingerprint density at radius 2 is 2.12 bits per heavy atom. The zero-order valence-corrected chi connectivity index (χ0v) is 10.3. The van der Waals surface area contributed by atoms with Crippen LogP contribution in [0.25, 0.3) is 0 Å². The SMILES string of the molecule is CCCS(=O)(=O)NCc1cccc(C(=O)O)c1. The second kappa shape index (κ2) is 5.79. The van der Waals surface area contributed by atoms with Crippen molar-refractivity contribution >= 4 is 16.0 Å². The van der Waals surface area contributed by atoms with E-state index in [0.29, 0.717) is 12.0 Å². The van der Waals surface area contributed by atoms with E-state index in [2.05, 4.69) is 4.72 Å². The quantitative estimate of drug-likeness (QED) is 0.802. The molecule has 1 aromatic rings. The molecule has 6 heteroatoms. The van der Waals surface area contributed by atoms with E-state index in [1.807, 2.05) is 0 Å². The smallest absolute Gasteiger partial charge is 0.335 e. The minimum absolute atomic E-state index is 0.0750. The van der Waals surface area contributed by atoms with Crippen LogP contribution in [0.5, 0.6) is 0 Å². The molecule has 0 saturated heterocycles. The lowest BCUT2D eigenvalue weighted by atomic mass is 10.1. The average molecular weight is 257 g/mol. The number of hydrogen-bond donors (Lipinski definition) is 2. The fraction of sp³-hybridized carbons (Fsp3) is 0.364. The number of carboxylic acids is 1. The minimum Gasteiger partial charge on any atom is -0.478 e. The standard InChI is InChI=1S/C11H15NO4S/c1-2-6-17(15,16)12-8-9-4-3-5-10(7-9)11(13)14/h3-5,7,12H,2,6,8H2,1H3,(H,13,14). The fourth-order valence-corrected chi connectivity index (χ4v) is 2.42. The number of rotatable bonds is 6. The Morgan fingerprint density at radius 3 is 2.71 bits per heavy atom. The van der Waals surface area contributed by atoms with Gasteiger partial charge < -0.3 is 5.11 Å². The summed E-state index contributed by atoms with van der Waals surface area (Å²) in [5.74, 6) is -0.950. The molecule has 0 heterocycles. The predicted molar refractivity (Wildman–Crippen MR) is 64.3 cm³/mol. The van der Waals surface area contributed by atoms with Crippen molar-refractivity contribution in [1.29, 1.82) is 0 Å². The Hall–Kier alpha value is -1.40. The third-order valence-corrected chi connectivity index (χ3v) is 3.67. The van der Waals surface area contributed by atoms with E-state index in [4.69, 9.17) is 5.11 Å². The molecule has 0 aliphatic heterocycles. The highest BCUT2D eigenvalue weighted by Gasteiger charge is 2.09. The van der Waals surface area contributed by atoms with Crippen molar-refractivity contribution in [2.75, 3.05) is 5.75 Å². The zero-order chi connectivity index (χ0) is 12.9. The minimum atomic E-state index is -3.26. The summed E-state index contributed by atoms with van der Waals surface area (Å²) in [5, 5.41) is 8.78. The number of nitrogens with one attached hydrogen (secondary N) is 1. The van der Waals surface area contributed by atoms with E-state index >= 15 is 0 Å². The van der Waals surface area contributed by atoms with Crippen LogP contribution in [0.4, 0.5) is 0 Å². The van der Waals surface area contributed by atoms with Crippen LogP contribution in [0.15, 0.2) is 24.3 Å². The molecule has 0 aromatic heterocycles. The summed E-state index contributed by atoms with van der Waals surface area (Å²) >= 11 is 0. The number of sulfonamides is 1. The Labute approximate surface area is 101 Å². The zero-order valence-electron chi connectivity index (χ0n) is 9.51. The van der Waals surface area contributed by atoms with Crippen LogP contribution in [0.3, 0.4) is 0 Å². The van der Waals surface area contributed by atoms with Gasteiger partial charge in [-0.2, -0.15) is 0 Å². The molecule has 0 atom stereocenters. The topological polar surface area (TPSA) is 83.5 Å². The highest BCUT2D eigenvalue weighted by Crippen LogP contribution is 2.05. The van der Waals surface area contributed by atoms with E-state index in [-0.39, 0.29) is 17.9 Å². The van der Waals surface area contributed by atoms with Gasteiger partial charge >= 0.3 is 5.97 Å². The third kappa shape index (κ3) is 4.54. The first kappa shape index (κ1) is 13.7. The maximum Gasteiger partial charge on any atom is 0.335 e. The van der Waals surface area contributed by atoms with Gasteiger partial charge in [-0.25, -0.2) is 17.9 Å². The maximum absolute atomic E-state index is 11.4. The van der Waals surface area contributed by atoms with Crippen LogP contribution >= 0.6 is 0 Å². The van der Waals surface area contributed by atoms with Crippen molar-refractivity contribution in [3.63, 3.8) is 0 Å². The normalized spacial score (nSPS) is 11.4. The molecule has 0 bridgehead atoms. The maximum atomic E-state index is 11.4. The average Bonchev–Trinajstić information content (AvgIpc) is 2.27. The lowest BCUT2D eigenvalue weighted by Gasteiger charge is -2.06. The molecular formula is C11H15NO4S. The molecule has 1 aromatic carbocycles. The van der Waals surface area contributed by atoms with Gasteiger partial charge in [0.2, 0.25) is 10.0 Å². The second-order valence-corrected chi connectivity index (χ2v) is 5.57. The number of hydrogen-bond acceptors (Lipinski definition) is 3. The van der Waals surface area contributed by atoms with Gasteiger partial charge in [0.25, 0.3) is 0 Å². The molecule has 0 unspecified atom stereocenters. The molecule has 17 heavy (non-hydrogen) atoms. The number of benzene rings is 1. The molecule has 1 rings (SSSR count). The van der Waals surface area contributed by atoms with E-state index < -0.39 is 16.0 Å². The van der Waals surface area contributed by atoms with Crippen molar-refractivity contribution in [3.05, 3.63) is 35.4 Å². The highest BCUT2D eigenvalue weighted by atomic mass is 32.2. The van der Waals surface area contributed by atoms with Gasteiger partial charge in [-0.15, -0.1) is 0 Å². The molecule has 0 saturated carbocycles. The summed E-state index contributed by atoms with van der Waals surface area (Å²) in [5.41, 5.74) is 0.779. The van der Waals surface area contributed by atoms with Crippen molar-refractivity contribution in [3.8, 4) is 0 Å². The predicted octanol–water partition coefficient (Wildman–Crippen LogP) is 1.21. The lowest BCUT2D eigenvalue weighted by molar-refractivity contribution is 0.0696. The van der Waals surface area contributed by atoms with Gasteiger partial charge in [0.15, 0.2) is 0 Å². The van der Waals surface area contributed by atoms with Crippen LogP contribution < -0.4 is 4.72 Å². The molecule has 0 amide bonds. The Bertz CT molecular complexity index is 496. The summed E-state index contributed by atoms with van der Waals surface area (Å²) < 4.78 is 25.2. The van der Waals surface area contributed by atoms with Gasteiger partial charge in [0, 0.05) is 6.54 Å². The first-order valence-electron chi connectivity index (χ1n) is 5.24. The van der Waals surface area contributed by atoms with Crippen LogP contribution in [0, 0.1) is 0 Å². The van der Waals surface area contributed by atoms with Crippen molar-refractivity contribution in [1.82, 2.24) is 4.72 Å². The van der Waals surface area contributed by atoms with E-state index in [1.165, 1.54) is 12.1 Å². The van der Waals surface area contributed by atoms with Crippen molar-refractivity contribution < 1.29 is 18.3 Å². The first-order valence-corrected chi connectivity index (χ1v) is 6.89. The van der Waals surface area contributed by atoms with Gasteiger partial charge in [0.1, 0.15) is 0 Å². The highest BCUT2D eigenvalue weighted by molar-refractivity contribution is 7.89. The summed E-state index contributed by atoms with van der Waals surface area (Å²) in [7, 11) is -3.26. The Balaban J connectivity index is 2.70. The number of carbonyl (C=O) groups is 1. The lowest BCUT2D eigenvalue weighted by Crippen LogP contribution is -2.25. The largest absolute Gasteiger partial charge is 0.478 e. The molecule has 0 spiro atoms. The fourth-order valence-electron chi connectivity index (χ4n) is 1.35. The monoisotopic (exact) mass is 257 g/mol. The van der Waals surface area contributed by atoms with Crippen LogP contribution in [0.1, 0.15) is 29.3 Å². The Kier molecular flexibility index (Phi) is 4.65.